The largest absolute Gasteiger partial charge is 0.368 e. The molecule has 0 aromatic rings. The Morgan fingerprint density at radius 3 is 2.60 bits per heavy atom. The smallest absolute Gasteiger partial charge is 0.315 e. The van der Waals surface area contributed by atoms with Gasteiger partial charge in [0.1, 0.15) is 12.6 Å². The van der Waals surface area contributed by atoms with Crippen molar-refractivity contribution < 1.29 is 14.3 Å². The van der Waals surface area contributed by atoms with Gasteiger partial charge >= 0.3 is 6.03 Å². The van der Waals surface area contributed by atoms with E-state index >= 15 is 0 Å². The summed E-state index contributed by atoms with van der Waals surface area (Å²) in [5, 5.41) is 0. The summed E-state index contributed by atoms with van der Waals surface area (Å²) >= 11 is 0. The standard InChI is InChI=1S/C9H13N3O3/c1-2-3-15-6-4-7(8(10)13)12(5-6)9(11)14/h1,6-7H,3-5H2,(H2,10,13)(H2,11,14)/t6-,7+/m0/s1. The number of rotatable bonds is 3. The van der Waals surface area contributed by atoms with E-state index in [0.29, 0.717) is 6.42 Å². The molecular formula is C9H13N3O3. The van der Waals surface area contributed by atoms with Crippen molar-refractivity contribution in [2.45, 2.75) is 18.6 Å². The van der Waals surface area contributed by atoms with Crippen molar-refractivity contribution in [1.82, 2.24) is 4.90 Å². The van der Waals surface area contributed by atoms with Crippen molar-refractivity contribution in [1.29, 1.82) is 0 Å². The molecule has 1 aliphatic heterocycles. The monoisotopic (exact) mass is 211 g/mol. The summed E-state index contributed by atoms with van der Waals surface area (Å²) in [4.78, 5) is 23.2. The summed E-state index contributed by atoms with van der Waals surface area (Å²) in [6.07, 6.45) is 5.10. The third kappa shape index (κ3) is 2.60. The third-order valence-corrected chi connectivity index (χ3v) is 2.28. The zero-order valence-corrected chi connectivity index (χ0v) is 8.18. The minimum atomic E-state index is -0.690. The average Bonchev–Trinajstić information content (AvgIpc) is 2.58. The molecule has 82 valence electrons. The van der Waals surface area contributed by atoms with Crippen LogP contribution < -0.4 is 11.5 Å². The van der Waals surface area contributed by atoms with E-state index in [1.165, 1.54) is 4.90 Å². The lowest BCUT2D eigenvalue weighted by Gasteiger charge is -2.18. The van der Waals surface area contributed by atoms with Gasteiger partial charge in [0.2, 0.25) is 5.91 Å². The second kappa shape index (κ2) is 4.66. The Morgan fingerprint density at radius 1 is 1.53 bits per heavy atom. The second-order valence-electron chi connectivity index (χ2n) is 3.28. The fourth-order valence-corrected chi connectivity index (χ4v) is 1.60. The maximum Gasteiger partial charge on any atom is 0.315 e. The van der Waals surface area contributed by atoms with Crippen molar-refractivity contribution in [3.63, 3.8) is 0 Å². The normalized spacial score (nSPS) is 24.9. The lowest BCUT2D eigenvalue weighted by atomic mass is 10.2. The van der Waals surface area contributed by atoms with E-state index in [2.05, 4.69) is 5.92 Å². The fraction of sp³-hybridized carbons (Fsp3) is 0.556. The molecule has 2 atom stereocenters. The number of primary amides is 2. The van der Waals surface area contributed by atoms with E-state index in [1.807, 2.05) is 0 Å². The first-order chi connectivity index (χ1) is 7.06. The van der Waals surface area contributed by atoms with Crippen LogP contribution in [0.2, 0.25) is 0 Å². The summed E-state index contributed by atoms with van der Waals surface area (Å²) in [6.45, 7) is 0.396. The predicted octanol–water partition coefficient (Wildman–Crippen LogP) is -1.36. The van der Waals surface area contributed by atoms with Crippen LogP contribution in [-0.2, 0) is 9.53 Å². The molecule has 0 aromatic heterocycles. The zero-order valence-electron chi connectivity index (χ0n) is 8.18. The number of urea groups is 1. The summed E-state index contributed by atoms with van der Waals surface area (Å²) in [5.41, 5.74) is 10.2. The number of amides is 3. The number of ether oxygens (including phenoxy) is 1. The number of hydrogen-bond donors (Lipinski definition) is 2. The zero-order chi connectivity index (χ0) is 11.4. The molecule has 6 heteroatoms. The van der Waals surface area contributed by atoms with Gasteiger partial charge in [-0.05, 0) is 0 Å². The van der Waals surface area contributed by atoms with Gasteiger partial charge in [0.05, 0.1) is 6.10 Å². The van der Waals surface area contributed by atoms with Crippen LogP contribution in [0.4, 0.5) is 4.79 Å². The molecule has 0 unspecified atom stereocenters. The first-order valence-corrected chi connectivity index (χ1v) is 4.46. The van der Waals surface area contributed by atoms with Gasteiger partial charge < -0.3 is 21.1 Å². The third-order valence-electron chi connectivity index (χ3n) is 2.28. The van der Waals surface area contributed by atoms with Crippen molar-refractivity contribution in [3.8, 4) is 12.3 Å². The molecule has 15 heavy (non-hydrogen) atoms. The van der Waals surface area contributed by atoms with Crippen LogP contribution >= 0.6 is 0 Å². The van der Waals surface area contributed by atoms with Crippen LogP contribution in [0.25, 0.3) is 0 Å². The van der Waals surface area contributed by atoms with Gasteiger partial charge in [-0.15, -0.1) is 6.42 Å². The van der Waals surface area contributed by atoms with Gasteiger partial charge in [-0.2, -0.15) is 0 Å². The quantitative estimate of drug-likeness (QED) is 0.564. The average molecular weight is 211 g/mol. The van der Waals surface area contributed by atoms with Crippen LogP contribution in [-0.4, -0.2) is 42.1 Å². The van der Waals surface area contributed by atoms with Crippen molar-refractivity contribution in [2.75, 3.05) is 13.2 Å². The Bertz CT molecular complexity index is 288. The molecule has 0 bridgehead atoms. The molecule has 1 saturated heterocycles. The number of carbonyl (C=O) groups is 2. The molecule has 0 aliphatic carbocycles. The summed E-state index contributed by atoms with van der Waals surface area (Å²) in [7, 11) is 0. The first-order valence-electron chi connectivity index (χ1n) is 4.46. The molecule has 1 fully saturated rings. The fourth-order valence-electron chi connectivity index (χ4n) is 1.60. The van der Waals surface area contributed by atoms with Gasteiger partial charge in [-0.3, -0.25) is 4.79 Å². The van der Waals surface area contributed by atoms with E-state index < -0.39 is 18.0 Å². The van der Waals surface area contributed by atoms with E-state index in [4.69, 9.17) is 22.6 Å². The highest BCUT2D eigenvalue weighted by Crippen LogP contribution is 2.19. The number of nitrogens with zero attached hydrogens (tertiary/aromatic N) is 1. The summed E-state index contributed by atoms with van der Waals surface area (Å²) in [6, 6.07) is -1.36. The summed E-state index contributed by atoms with van der Waals surface area (Å²) in [5.74, 6) is 1.73. The second-order valence-corrected chi connectivity index (χ2v) is 3.28. The molecule has 1 rings (SSSR count). The van der Waals surface area contributed by atoms with Crippen LogP contribution in [0.5, 0.6) is 0 Å². The number of terminal acetylenes is 1. The van der Waals surface area contributed by atoms with E-state index in [-0.39, 0.29) is 19.3 Å². The Hall–Kier alpha value is -1.74. The maximum atomic E-state index is 11.0. The van der Waals surface area contributed by atoms with Gasteiger partial charge in [0.15, 0.2) is 0 Å². The molecule has 1 aliphatic rings. The Morgan fingerprint density at radius 2 is 2.20 bits per heavy atom. The van der Waals surface area contributed by atoms with Gasteiger partial charge in [0, 0.05) is 13.0 Å². The predicted molar refractivity (Wildman–Crippen MR) is 52.5 cm³/mol. The van der Waals surface area contributed by atoms with Gasteiger partial charge in [-0.1, -0.05) is 5.92 Å². The molecule has 0 aromatic carbocycles. The molecule has 0 radical (unpaired) electrons. The highest BCUT2D eigenvalue weighted by Gasteiger charge is 2.38. The molecule has 6 nitrogen and oxygen atoms in total. The highest BCUT2D eigenvalue weighted by molar-refractivity contribution is 5.86. The topological polar surface area (TPSA) is 98.7 Å². The van der Waals surface area contributed by atoms with E-state index in [9.17, 15) is 9.59 Å². The maximum absolute atomic E-state index is 11.0. The van der Waals surface area contributed by atoms with Crippen molar-refractivity contribution in [3.05, 3.63) is 0 Å². The minimum Gasteiger partial charge on any atom is -0.368 e. The lowest BCUT2D eigenvalue weighted by Crippen LogP contribution is -2.46. The van der Waals surface area contributed by atoms with Gasteiger partial charge in [0.25, 0.3) is 0 Å². The highest BCUT2D eigenvalue weighted by atomic mass is 16.5. The van der Waals surface area contributed by atoms with Gasteiger partial charge in [-0.25, -0.2) is 4.79 Å². The Balaban J connectivity index is 2.62. The number of nitrogens with two attached hydrogens (primary N) is 2. The van der Waals surface area contributed by atoms with E-state index in [0.717, 1.165) is 0 Å². The molecule has 1 heterocycles. The molecular weight excluding hydrogens is 198 g/mol. The molecule has 0 spiro atoms. The van der Waals surface area contributed by atoms with Crippen molar-refractivity contribution in [2.24, 2.45) is 11.5 Å². The Kier molecular flexibility index (Phi) is 3.52. The van der Waals surface area contributed by atoms with Crippen LogP contribution in [0.3, 0.4) is 0 Å². The Labute approximate surface area is 87.5 Å². The first kappa shape index (κ1) is 11.3. The molecule has 0 saturated carbocycles. The van der Waals surface area contributed by atoms with Crippen molar-refractivity contribution >= 4 is 11.9 Å². The summed E-state index contributed by atoms with van der Waals surface area (Å²) < 4.78 is 5.22. The number of likely N-dealkylation sites (tertiary alicyclic amines) is 1. The minimum absolute atomic E-state index is 0.142. The molecule has 4 N–H and O–H groups in total. The number of carbonyl (C=O) groups excluding carboxylic acids is 2. The molecule has 3 amide bonds. The number of hydrogen-bond acceptors (Lipinski definition) is 3. The van der Waals surface area contributed by atoms with Crippen LogP contribution in [0.15, 0.2) is 0 Å². The lowest BCUT2D eigenvalue weighted by molar-refractivity contribution is -0.121. The van der Waals surface area contributed by atoms with E-state index in [1.54, 1.807) is 0 Å². The van der Waals surface area contributed by atoms with Crippen LogP contribution in [0.1, 0.15) is 6.42 Å². The SMILES string of the molecule is C#CCO[C@H]1C[C@H](C(N)=O)N(C(N)=O)C1. The van der Waals surface area contributed by atoms with Crippen LogP contribution in [0, 0.1) is 12.3 Å².